The maximum absolute atomic E-state index is 11.2. The molecule has 0 aliphatic carbocycles. The van der Waals surface area contributed by atoms with Crippen LogP contribution in [0, 0.1) is 0 Å². The first-order valence-corrected chi connectivity index (χ1v) is 5.24. The lowest BCUT2D eigenvalue weighted by Crippen LogP contribution is -2.50. The minimum absolute atomic E-state index is 0.0161. The van der Waals surface area contributed by atoms with Crippen molar-refractivity contribution in [3.63, 3.8) is 0 Å². The van der Waals surface area contributed by atoms with Crippen molar-refractivity contribution >= 4 is 23.6 Å². The maximum Gasteiger partial charge on any atom is 0.394 e. The number of carbonyl (C=O) groups is 2. The standard InChI is InChI=1S/C8H13NO3S/c1-5-6(2)13-4-3-9(5)7(10)8(11)12/h5-6H,3-4H2,1-2H3,(H,11,12). The number of amides is 1. The van der Waals surface area contributed by atoms with E-state index in [9.17, 15) is 9.59 Å². The molecule has 0 aromatic rings. The Balaban J connectivity index is 2.68. The van der Waals surface area contributed by atoms with Crippen LogP contribution in [0.25, 0.3) is 0 Å². The predicted molar refractivity (Wildman–Crippen MR) is 50.7 cm³/mol. The zero-order chi connectivity index (χ0) is 10.0. The Morgan fingerprint density at radius 2 is 2.08 bits per heavy atom. The fraction of sp³-hybridized carbons (Fsp3) is 0.750. The van der Waals surface area contributed by atoms with Crippen LogP contribution in [-0.2, 0) is 9.59 Å². The molecule has 1 aliphatic rings. The highest BCUT2D eigenvalue weighted by molar-refractivity contribution is 8.00. The summed E-state index contributed by atoms with van der Waals surface area (Å²) in [7, 11) is 0. The Morgan fingerprint density at radius 3 is 2.62 bits per heavy atom. The molecule has 1 heterocycles. The van der Waals surface area contributed by atoms with E-state index in [4.69, 9.17) is 5.11 Å². The first kappa shape index (κ1) is 10.4. The first-order chi connectivity index (χ1) is 6.04. The molecule has 1 saturated heterocycles. The number of carboxylic acid groups (broad SMARTS) is 1. The van der Waals surface area contributed by atoms with Crippen molar-refractivity contribution in [3.05, 3.63) is 0 Å². The smallest absolute Gasteiger partial charge is 0.394 e. The van der Waals surface area contributed by atoms with Crippen LogP contribution in [0.15, 0.2) is 0 Å². The van der Waals surface area contributed by atoms with Gasteiger partial charge in [0.25, 0.3) is 0 Å². The normalized spacial score (nSPS) is 28.6. The second kappa shape index (κ2) is 4.00. The van der Waals surface area contributed by atoms with Crippen molar-refractivity contribution in [3.8, 4) is 0 Å². The Labute approximate surface area is 81.3 Å². The third kappa shape index (κ3) is 2.15. The Kier molecular flexibility index (Phi) is 3.19. The summed E-state index contributed by atoms with van der Waals surface area (Å²) >= 11 is 1.77. The van der Waals surface area contributed by atoms with Crippen LogP contribution >= 0.6 is 11.8 Å². The van der Waals surface area contributed by atoms with Crippen LogP contribution in [-0.4, -0.2) is 45.5 Å². The summed E-state index contributed by atoms with van der Waals surface area (Å²) in [5, 5.41) is 8.86. The van der Waals surface area contributed by atoms with Gasteiger partial charge < -0.3 is 10.0 Å². The lowest BCUT2D eigenvalue weighted by molar-refractivity contribution is -0.157. The summed E-state index contributed by atoms with van der Waals surface area (Å²) in [5.74, 6) is -1.31. The average Bonchev–Trinajstić information content (AvgIpc) is 2.08. The first-order valence-electron chi connectivity index (χ1n) is 4.19. The van der Waals surface area contributed by atoms with Gasteiger partial charge in [0.15, 0.2) is 0 Å². The van der Waals surface area contributed by atoms with Crippen molar-refractivity contribution in [2.45, 2.75) is 25.1 Å². The SMILES string of the molecule is CC1SCCN(C(=O)C(=O)O)C1C. The second-order valence-electron chi connectivity index (χ2n) is 3.12. The third-order valence-corrected chi connectivity index (χ3v) is 3.67. The molecule has 2 unspecified atom stereocenters. The quantitative estimate of drug-likeness (QED) is 0.580. The summed E-state index contributed by atoms with van der Waals surface area (Å²) in [6.45, 7) is 4.44. The second-order valence-corrected chi connectivity index (χ2v) is 4.61. The van der Waals surface area contributed by atoms with Crippen LogP contribution in [0.3, 0.4) is 0 Å². The summed E-state index contributed by atoms with van der Waals surface area (Å²) in [4.78, 5) is 23.1. The van der Waals surface area contributed by atoms with Crippen molar-refractivity contribution in [1.82, 2.24) is 4.90 Å². The molecule has 0 bridgehead atoms. The van der Waals surface area contributed by atoms with E-state index >= 15 is 0 Å². The maximum atomic E-state index is 11.2. The highest BCUT2D eigenvalue weighted by atomic mass is 32.2. The number of aliphatic carboxylic acids is 1. The van der Waals surface area contributed by atoms with Gasteiger partial charge in [-0.3, -0.25) is 4.79 Å². The molecule has 4 nitrogen and oxygen atoms in total. The number of thioether (sulfide) groups is 1. The molecule has 1 fully saturated rings. The Bertz CT molecular complexity index is 231. The van der Waals surface area contributed by atoms with Gasteiger partial charge in [-0.25, -0.2) is 4.79 Å². The monoisotopic (exact) mass is 203 g/mol. The molecule has 5 heteroatoms. The fourth-order valence-electron chi connectivity index (χ4n) is 1.34. The largest absolute Gasteiger partial charge is 0.474 e. The summed E-state index contributed by atoms with van der Waals surface area (Å²) in [6.07, 6.45) is 0. The predicted octanol–water partition coefficient (Wildman–Crippen LogP) is 0.423. The van der Waals surface area contributed by atoms with Crippen LogP contribution in [0.5, 0.6) is 0 Å². The molecule has 2 atom stereocenters. The molecule has 13 heavy (non-hydrogen) atoms. The van der Waals surface area contributed by atoms with E-state index in [2.05, 4.69) is 0 Å². The lowest BCUT2D eigenvalue weighted by Gasteiger charge is -2.36. The molecular formula is C8H13NO3S. The Morgan fingerprint density at radius 1 is 1.46 bits per heavy atom. The molecule has 1 aliphatic heterocycles. The van der Waals surface area contributed by atoms with Crippen molar-refractivity contribution in [2.75, 3.05) is 12.3 Å². The van der Waals surface area contributed by atoms with E-state index < -0.39 is 11.9 Å². The number of nitrogens with zero attached hydrogens (tertiary/aromatic N) is 1. The highest BCUT2D eigenvalue weighted by Gasteiger charge is 2.31. The molecule has 1 rings (SSSR count). The van der Waals surface area contributed by atoms with Crippen molar-refractivity contribution in [1.29, 1.82) is 0 Å². The Hall–Kier alpha value is -0.710. The van der Waals surface area contributed by atoms with Gasteiger partial charge in [-0.05, 0) is 6.92 Å². The van der Waals surface area contributed by atoms with E-state index in [1.165, 1.54) is 4.90 Å². The van der Waals surface area contributed by atoms with Gasteiger partial charge in [0.05, 0.1) is 0 Å². The molecule has 1 amide bonds. The van der Waals surface area contributed by atoms with Crippen molar-refractivity contribution < 1.29 is 14.7 Å². The van der Waals surface area contributed by atoms with Gasteiger partial charge in [-0.15, -0.1) is 0 Å². The molecular weight excluding hydrogens is 190 g/mol. The zero-order valence-electron chi connectivity index (χ0n) is 7.69. The number of carboxylic acids is 1. The van der Waals surface area contributed by atoms with Gasteiger partial charge in [0.1, 0.15) is 0 Å². The van der Waals surface area contributed by atoms with Crippen LogP contribution < -0.4 is 0 Å². The fourth-order valence-corrected chi connectivity index (χ4v) is 2.44. The molecule has 0 radical (unpaired) electrons. The minimum atomic E-state index is -1.36. The molecule has 0 saturated carbocycles. The molecule has 1 N–H and O–H groups in total. The lowest BCUT2D eigenvalue weighted by atomic mass is 10.2. The third-order valence-electron chi connectivity index (χ3n) is 2.33. The van der Waals surface area contributed by atoms with Gasteiger partial charge in [0, 0.05) is 23.6 Å². The van der Waals surface area contributed by atoms with E-state index in [0.29, 0.717) is 11.8 Å². The molecule has 0 spiro atoms. The highest BCUT2D eigenvalue weighted by Crippen LogP contribution is 2.23. The van der Waals surface area contributed by atoms with E-state index in [-0.39, 0.29) is 6.04 Å². The zero-order valence-corrected chi connectivity index (χ0v) is 8.50. The van der Waals surface area contributed by atoms with Gasteiger partial charge in [-0.1, -0.05) is 6.92 Å². The molecule has 0 aromatic heterocycles. The number of carbonyl (C=O) groups excluding carboxylic acids is 1. The van der Waals surface area contributed by atoms with Crippen molar-refractivity contribution in [2.24, 2.45) is 0 Å². The topological polar surface area (TPSA) is 57.6 Å². The van der Waals surface area contributed by atoms with E-state index in [0.717, 1.165) is 5.75 Å². The van der Waals surface area contributed by atoms with Gasteiger partial charge in [0.2, 0.25) is 0 Å². The van der Waals surface area contributed by atoms with Crippen LogP contribution in [0.2, 0.25) is 0 Å². The van der Waals surface area contributed by atoms with Crippen LogP contribution in [0.1, 0.15) is 13.8 Å². The molecule has 0 aromatic carbocycles. The van der Waals surface area contributed by atoms with Gasteiger partial charge in [-0.2, -0.15) is 11.8 Å². The number of rotatable bonds is 0. The molecule has 74 valence electrons. The number of hydrogen-bond donors (Lipinski definition) is 1. The number of hydrogen-bond acceptors (Lipinski definition) is 3. The average molecular weight is 203 g/mol. The summed E-state index contributed by atoms with van der Waals surface area (Å²) in [6, 6.07) is 0.0161. The van der Waals surface area contributed by atoms with Gasteiger partial charge >= 0.3 is 11.9 Å². The minimum Gasteiger partial charge on any atom is -0.474 e. The van der Waals surface area contributed by atoms with E-state index in [1.807, 2.05) is 13.8 Å². The van der Waals surface area contributed by atoms with Crippen LogP contribution in [0.4, 0.5) is 0 Å². The summed E-state index contributed by atoms with van der Waals surface area (Å²) in [5.41, 5.74) is 0. The summed E-state index contributed by atoms with van der Waals surface area (Å²) < 4.78 is 0. The van der Waals surface area contributed by atoms with E-state index in [1.54, 1.807) is 11.8 Å².